The predicted molar refractivity (Wildman–Crippen MR) is 85.1 cm³/mol. The van der Waals surface area contributed by atoms with Crippen LogP contribution in [0.4, 0.5) is 5.69 Å². The van der Waals surface area contributed by atoms with Crippen LogP contribution in [0.2, 0.25) is 0 Å². The molecule has 0 bridgehead atoms. The van der Waals surface area contributed by atoms with Crippen LogP contribution in [-0.2, 0) is 0 Å². The first-order valence-corrected chi connectivity index (χ1v) is 7.76. The van der Waals surface area contributed by atoms with E-state index in [-0.39, 0.29) is 0 Å². The molecule has 0 saturated carbocycles. The molecule has 0 fully saturated rings. The number of hydrogen-bond donors (Lipinski definition) is 2. The van der Waals surface area contributed by atoms with E-state index in [1.165, 1.54) is 4.88 Å². The van der Waals surface area contributed by atoms with E-state index in [1.807, 2.05) is 18.2 Å². The molecule has 21 heavy (non-hydrogen) atoms. The fraction of sp³-hybridized carbons (Fsp3) is 0.267. The van der Waals surface area contributed by atoms with Gasteiger partial charge in [0.2, 0.25) is 5.82 Å². The Labute approximate surface area is 127 Å². The second kappa shape index (κ2) is 6.05. The predicted octanol–water partition coefficient (Wildman–Crippen LogP) is 3.74. The number of aromatic nitrogens is 4. The van der Waals surface area contributed by atoms with Crippen LogP contribution in [0.3, 0.4) is 0 Å². The number of hydrogen-bond acceptors (Lipinski definition) is 5. The van der Waals surface area contributed by atoms with Crippen molar-refractivity contribution in [3.8, 4) is 11.4 Å². The van der Waals surface area contributed by atoms with Gasteiger partial charge in [-0.3, -0.25) is 0 Å². The number of thiophene rings is 1. The highest BCUT2D eigenvalue weighted by atomic mass is 32.1. The number of tetrazole rings is 1. The summed E-state index contributed by atoms with van der Waals surface area (Å²) in [7, 11) is 0. The molecule has 3 aromatic rings. The maximum absolute atomic E-state index is 4.02. The van der Waals surface area contributed by atoms with Gasteiger partial charge in [-0.15, -0.1) is 21.5 Å². The molecule has 5 nitrogen and oxygen atoms in total. The van der Waals surface area contributed by atoms with Crippen LogP contribution < -0.4 is 5.32 Å². The van der Waals surface area contributed by atoms with Crippen LogP contribution in [-0.4, -0.2) is 20.6 Å². The Kier molecular flexibility index (Phi) is 3.96. The van der Waals surface area contributed by atoms with E-state index in [0.717, 1.165) is 11.3 Å². The van der Waals surface area contributed by atoms with Crippen molar-refractivity contribution < 1.29 is 0 Å². The molecule has 1 aromatic carbocycles. The summed E-state index contributed by atoms with van der Waals surface area (Å²) in [5.74, 6) is 1.10. The fourth-order valence-electron chi connectivity index (χ4n) is 2.25. The lowest BCUT2D eigenvalue weighted by Crippen LogP contribution is -2.15. The van der Waals surface area contributed by atoms with Crippen molar-refractivity contribution in [1.82, 2.24) is 20.6 Å². The molecule has 0 aliphatic carbocycles. The van der Waals surface area contributed by atoms with Gasteiger partial charge in [-0.05, 0) is 34.7 Å². The van der Waals surface area contributed by atoms with Crippen LogP contribution >= 0.6 is 11.3 Å². The van der Waals surface area contributed by atoms with Gasteiger partial charge in [0, 0.05) is 16.1 Å². The molecule has 2 N–H and O–H groups in total. The van der Waals surface area contributed by atoms with Gasteiger partial charge in [0.1, 0.15) is 0 Å². The lowest BCUT2D eigenvalue weighted by Gasteiger charge is -2.22. The first kappa shape index (κ1) is 13.8. The number of benzene rings is 1. The van der Waals surface area contributed by atoms with E-state index in [4.69, 9.17) is 0 Å². The van der Waals surface area contributed by atoms with E-state index < -0.39 is 0 Å². The van der Waals surface area contributed by atoms with Crippen molar-refractivity contribution >= 4 is 17.0 Å². The van der Waals surface area contributed by atoms with Gasteiger partial charge in [0.25, 0.3) is 0 Å². The van der Waals surface area contributed by atoms with Gasteiger partial charge >= 0.3 is 0 Å². The topological polar surface area (TPSA) is 66.5 Å². The minimum absolute atomic E-state index is 0.297. The van der Waals surface area contributed by atoms with E-state index in [1.54, 1.807) is 11.3 Å². The van der Waals surface area contributed by atoms with Gasteiger partial charge in [-0.25, -0.2) is 0 Å². The molecule has 0 amide bonds. The summed E-state index contributed by atoms with van der Waals surface area (Å²) >= 11 is 1.78. The van der Waals surface area contributed by atoms with Gasteiger partial charge in [-0.1, -0.05) is 32.0 Å². The lowest BCUT2D eigenvalue weighted by molar-refractivity contribution is 0.554. The Morgan fingerprint density at radius 3 is 2.76 bits per heavy atom. The van der Waals surface area contributed by atoms with E-state index in [9.17, 15) is 0 Å². The number of aromatic amines is 1. The third-order valence-corrected chi connectivity index (χ3v) is 4.26. The summed E-state index contributed by atoms with van der Waals surface area (Å²) in [5, 5.41) is 19.8. The summed E-state index contributed by atoms with van der Waals surface area (Å²) in [6, 6.07) is 12.6. The van der Waals surface area contributed by atoms with Crippen LogP contribution in [0.15, 0.2) is 41.8 Å². The van der Waals surface area contributed by atoms with Crippen molar-refractivity contribution in [1.29, 1.82) is 0 Å². The van der Waals surface area contributed by atoms with E-state index in [0.29, 0.717) is 17.8 Å². The van der Waals surface area contributed by atoms with Gasteiger partial charge in [-0.2, -0.15) is 5.21 Å². The molecule has 0 spiro atoms. The number of H-pyrrole nitrogens is 1. The zero-order chi connectivity index (χ0) is 14.7. The highest BCUT2D eigenvalue weighted by molar-refractivity contribution is 7.10. The van der Waals surface area contributed by atoms with Crippen molar-refractivity contribution in [3.63, 3.8) is 0 Å². The maximum Gasteiger partial charge on any atom is 0.204 e. The minimum Gasteiger partial charge on any atom is -0.377 e. The summed E-state index contributed by atoms with van der Waals surface area (Å²) < 4.78 is 0. The largest absolute Gasteiger partial charge is 0.377 e. The summed E-state index contributed by atoms with van der Waals surface area (Å²) in [6.45, 7) is 4.45. The second-order valence-corrected chi connectivity index (χ2v) is 6.18. The molecule has 2 aromatic heterocycles. The molecular formula is C15H17N5S. The first-order chi connectivity index (χ1) is 10.2. The molecule has 1 atom stereocenters. The smallest absolute Gasteiger partial charge is 0.204 e. The van der Waals surface area contributed by atoms with Gasteiger partial charge in [0.15, 0.2) is 0 Å². The fourth-order valence-corrected chi connectivity index (χ4v) is 3.20. The summed E-state index contributed by atoms with van der Waals surface area (Å²) in [6.07, 6.45) is 0. The minimum atomic E-state index is 0.297. The third kappa shape index (κ3) is 3.11. The van der Waals surface area contributed by atoms with Crippen LogP contribution in [0.25, 0.3) is 11.4 Å². The molecule has 108 valence electrons. The Morgan fingerprint density at radius 2 is 2.10 bits per heavy atom. The van der Waals surface area contributed by atoms with Gasteiger partial charge in [0.05, 0.1) is 6.04 Å². The molecular weight excluding hydrogens is 282 g/mol. The Bertz CT molecular complexity index is 676. The molecule has 1 unspecified atom stereocenters. The SMILES string of the molecule is CC(C)C(Nc1cccc(-c2nn[nH]n2)c1)c1cccs1. The molecule has 6 heteroatoms. The van der Waals surface area contributed by atoms with Crippen molar-refractivity contribution in [3.05, 3.63) is 46.7 Å². The first-order valence-electron chi connectivity index (χ1n) is 6.88. The van der Waals surface area contributed by atoms with Crippen LogP contribution in [0.5, 0.6) is 0 Å². The normalized spacial score (nSPS) is 12.5. The molecule has 0 saturated heterocycles. The Balaban J connectivity index is 1.85. The second-order valence-electron chi connectivity index (χ2n) is 5.20. The number of nitrogens with zero attached hydrogens (tertiary/aromatic N) is 3. The van der Waals surface area contributed by atoms with Crippen molar-refractivity contribution in [2.24, 2.45) is 5.92 Å². The quantitative estimate of drug-likeness (QED) is 0.753. The standard InChI is InChI=1S/C15H17N5S/c1-10(2)14(13-7-4-8-21-13)16-12-6-3-5-11(9-12)15-17-19-20-18-15/h3-10,14,16H,1-2H3,(H,17,18,19,20). The number of rotatable bonds is 5. The summed E-state index contributed by atoms with van der Waals surface area (Å²) in [5.41, 5.74) is 2.01. The Morgan fingerprint density at radius 1 is 1.19 bits per heavy atom. The monoisotopic (exact) mass is 299 g/mol. The average molecular weight is 299 g/mol. The van der Waals surface area contributed by atoms with E-state index in [2.05, 4.69) is 63.4 Å². The van der Waals surface area contributed by atoms with Crippen LogP contribution in [0, 0.1) is 5.92 Å². The average Bonchev–Trinajstić information content (AvgIpc) is 3.18. The molecule has 0 aliphatic heterocycles. The third-order valence-electron chi connectivity index (χ3n) is 3.30. The zero-order valence-electron chi connectivity index (χ0n) is 11.9. The summed E-state index contributed by atoms with van der Waals surface area (Å²) in [4.78, 5) is 1.34. The van der Waals surface area contributed by atoms with Crippen molar-refractivity contribution in [2.75, 3.05) is 5.32 Å². The number of anilines is 1. The molecule has 3 rings (SSSR count). The maximum atomic E-state index is 4.02. The van der Waals surface area contributed by atoms with Crippen molar-refractivity contribution in [2.45, 2.75) is 19.9 Å². The number of nitrogens with one attached hydrogen (secondary N) is 2. The highest BCUT2D eigenvalue weighted by Gasteiger charge is 2.17. The van der Waals surface area contributed by atoms with Gasteiger partial charge < -0.3 is 5.32 Å². The van der Waals surface area contributed by atoms with Crippen LogP contribution in [0.1, 0.15) is 24.8 Å². The Hall–Kier alpha value is -2.21. The van der Waals surface area contributed by atoms with E-state index >= 15 is 0 Å². The molecule has 0 radical (unpaired) electrons. The molecule has 0 aliphatic rings. The molecule has 2 heterocycles. The zero-order valence-corrected chi connectivity index (χ0v) is 12.8. The lowest BCUT2D eigenvalue weighted by atomic mass is 10.0. The highest BCUT2D eigenvalue weighted by Crippen LogP contribution is 2.30.